The van der Waals surface area contributed by atoms with Gasteiger partial charge in [-0.05, 0) is 57.2 Å². The number of amides is 1. The number of fused-ring (bicyclic) bond motifs is 3. The number of aromatic amines is 1. The number of phenols is 1. The zero-order chi connectivity index (χ0) is 20.5. The minimum Gasteiger partial charge on any atom is -0.505 e. The molecule has 3 aromatic rings. The van der Waals surface area contributed by atoms with E-state index in [2.05, 4.69) is 10.3 Å². The summed E-state index contributed by atoms with van der Waals surface area (Å²) in [6.45, 7) is 7.03. The number of carbonyl (C=O) groups excluding carboxylic acids is 1. The van der Waals surface area contributed by atoms with Gasteiger partial charge in [-0.1, -0.05) is 31.0 Å². The van der Waals surface area contributed by atoms with Gasteiger partial charge in [-0.2, -0.15) is 0 Å². The highest BCUT2D eigenvalue weighted by molar-refractivity contribution is 6.18. The summed E-state index contributed by atoms with van der Waals surface area (Å²) in [5.74, 6) is -0.0698. The quantitative estimate of drug-likeness (QED) is 0.336. The number of phenolic OH excluding ortho intramolecular Hbond substituents is 1. The number of hydrogen-bond donors (Lipinski definition) is 4. The standard InChI is InChI=1S/C23H30N2O3/c1-14-16(10-6-5-9-13-23(3,4)28)20-19(21(22(14)27)24-15(2)26)17-11-7-8-12-18(17)25-20/h7-8,11-12,25,27-28H,5-6,9-10,13H2,1-4H3,(H,24,26). The van der Waals surface area contributed by atoms with Crippen molar-refractivity contribution in [3.05, 3.63) is 35.4 Å². The molecule has 150 valence electrons. The van der Waals surface area contributed by atoms with Crippen molar-refractivity contribution in [2.24, 2.45) is 0 Å². The number of unbranched alkanes of at least 4 members (excludes halogenated alkanes) is 2. The number of rotatable bonds is 7. The molecule has 0 bridgehead atoms. The fourth-order valence-corrected chi connectivity index (χ4v) is 3.91. The normalized spacial score (nSPS) is 12.0. The zero-order valence-corrected chi connectivity index (χ0v) is 17.1. The number of anilines is 1. The molecule has 0 spiro atoms. The maximum Gasteiger partial charge on any atom is 0.221 e. The number of aromatic nitrogens is 1. The van der Waals surface area contributed by atoms with Gasteiger partial charge in [0.15, 0.2) is 0 Å². The van der Waals surface area contributed by atoms with Crippen molar-refractivity contribution < 1.29 is 15.0 Å². The SMILES string of the molecule is CC(=O)Nc1c(O)c(C)c(CCCCCC(C)(C)O)c2[nH]c3ccccc3c12. The van der Waals surface area contributed by atoms with Gasteiger partial charge in [0.2, 0.25) is 5.91 Å². The Morgan fingerprint density at radius 3 is 2.57 bits per heavy atom. The smallest absolute Gasteiger partial charge is 0.221 e. The molecule has 5 heteroatoms. The zero-order valence-electron chi connectivity index (χ0n) is 17.1. The maximum atomic E-state index is 11.7. The van der Waals surface area contributed by atoms with E-state index in [0.717, 1.165) is 65.0 Å². The highest BCUT2D eigenvalue weighted by atomic mass is 16.3. The monoisotopic (exact) mass is 382 g/mol. The molecule has 0 aliphatic rings. The van der Waals surface area contributed by atoms with Crippen LogP contribution in [-0.4, -0.2) is 26.7 Å². The fourth-order valence-electron chi connectivity index (χ4n) is 3.91. The minimum absolute atomic E-state index is 0.138. The first kappa shape index (κ1) is 20.2. The van der Waals surface area contributed by atoms with E-state index in [0.29, 0.717) is 5.69 Å². The number of para-hydroxylation sites is 1. The first-order valence-electron chi connectivity index (χ1n) is 9.94. The molecule has 28 heavy (non-hydrogen) atoms. The van der Waals surface area contributed by atoms with Crippen LogP contribution in [0.3, 0.4) is 0 Å². The van der Waals surface area contributed by atoms with Crippen LogP contribution in [-0.2, 0) is 11.2 Å². The summed E-state index contributed by atoms with van der Waals surface area (Å²) in [4.78, 5) is 15.2. The molecule has 0 atom stereocenters. The van der Waals surface area contributed by atoms with E-state index in [1.54, 1.807) is 0 Å². The Balaban J connectivity index is 2.01. The van der Waals surface area contributed by atoms with Crippen LogP contribution in [0.4, 0.5) is 5.69 Å². The van der Waals surface area contributed by atoms with Gasteiger partial charge in [0.05, 0.1) is 16.8 Å². The number of carbonyl (C=O) groups is 1. The Kier molecular flexibility index (Phi) is 5.66. The third-order valence-electron chi connectivity index (χ3n) is 5.32. The molecule has 2 aromatic carbocycles. The van der Waals surface area contributed by atoms with Gasteiger partial charge in [0.25, 0.3) is 0 Å². The highest BCUT2D eigenvalue weighted by Gasteiger charge is 2.21. The van der Waals surface area contributed by atoms with Crippen LogP contribution in [0.2, 0.25) is 0 Å². The third-order valence-corrected chi connectivity index (χ3v) is 5.32. The van der Waals surface area contributed by atoms with Crippen molar-refractivity contribution in [2.75, 3.05) is 5.32 Å². The predicted octanol–water partition coefficient (Wildman–Crippen LogP) is 5.17. The largest absolute Gasteiger partial charge is 0.505 e. The van der Waals surface area contributed by atoms with Crippen LogP contribution < -0.4 is 5.32 Å². The molecule has 1 heterocycles. The lowest BCUT2D eigenvalue weighted by Crippen LogP contribution is -2.17. The van der Waals surface area contributed by atoms with Crippen LogP contribution in [0.25, 0.3) is 21.8 Å². The molecule has 0 saturated carbocycles. The predicted molar refractivity (Wildman–Crippen MR) is 115 cm³/mol. The van der Waals surface area contributed by atoms with E-state index in [1.807, 2.05) is 45.0 Å². The Hall–Kier alpha value is -2.53. The summed E-state index contributed by atoms with van der Waals surface area (Å²) in [7, 11) is 0. The number of aryl methyl sites for hydroxylation is 1. The van der Waals surface area contributed by atoms with Gasteiger partial charge >= 0.3 is 0 Å². The summed E-state index contributed by atoms with van der Waals surface area (Å²) in [5, 5.41) is 25.4. The van der Waals surface area contributed by atoms with Crippen molar-refractivity contribution in [2.45, 2.75) is 65.4 Å². The second-order valence-electron chi connectivity index (χ2n) is 8.30. The number of nitrogens with one attached hydrogen (secondary N) is 2. The third kappa shape index (κ3) is 4.14. The van der Waals surface area contributed by atoms with E-state index in [9.17, 15) is 15.0 Å². The first-order chi connectivity index (χ1) is 13.2. The molecule has 0 radical (unpaired) electrons. The van der Waals surface area contributed by atoms with E-state index in [1.165, 1.54) is 6.92 Å². The highest BCUT2D eigenvalue weighted by Crippen LogP contribution is 2.43. The Morgan fingerprint density at radius 2 is 1.89 bits per heavy atom. The Morgan fingerprint density at radius 1 is 1.18 bits per heavy atom. The average molecular weight is 383 g/mol. The van der Waals surface area contributed by atoms with Crippen LogP contribution >= 0.6 is 0 Å². The molecular formula is C23H30N2O3. The molecular weight excluding hydrogens is 352 g/mol. The van der Waals surface area contributed by atoms with Gasteiger partial charge in [0, 0.05) is 23.2 Å². The average Bonchev–Trinajstić information content (AvgIpc) is 2.99. The molecule has 1 amide bonds. The van der Waals surface area contributed by atoms with Crippen LogP contribution in [0.1, 0.15) is 57.6 Å². The molecule has 0 aliphatic carbocycles. The number of H-pyrrole nitrogens is 1. The number of benzene rings is 2. The van der Waals surface area contributed by atoms with Gasteiger partial charge in [-0.15, -0.1) is 0 Å². The van der Waals surface area contributed by atoms with Crippen LogP contribution in [0.15, 0.2) is 24.3 Å². The van der Waals surface area contributed by atoms with Crippen molar-refractivity contribution in [3.63, 3.8) is 0 Å². The molecule has 3 rings (SSSR count). The molecule has 5 nitrogen and oxygen atoms in total. The molecule has 0 fully saturated rings. The second kappa shape index (κ2) is 7.84. The molecule has 1 aromatic heterocycles. The lowest BCUT2D eigenvalue weighted by molar-refractivity contribution is -0.114. The number of aliphatic hydroxyl groups is 1. The molecule has 4 N–H and O–H groups in total. The van der Waals surface area contributed by atoms with E-state index < -0.39 is 5.60 Å². The topological polar surface area (TPSA) is 85.3 Å². The second-order valence-corrected chi connectivity index (χ2v) is 8.30. The Labute approximate surface area is 165 Å². The van der Waals surface area contributed by atoms with Gasteiger partial charge in [0.1, 0.15) is 5.75 Å². The van der Waals surface area contributed by atoms with Crippen molar-refractivity contribution >= 4 is 33.4 Å². The van der Waals surface area contributed by atoms with E-state index in [4.69, 9.17) is 0 Å². The van der Waals surface area contributed by atoms with Gasteiger partial charge in [-0.25, -0.2) is 0 Å². The fraction of sp³-hybridized carbons (Fsp3) is 0.435. The molecule has 0 saturated heterocycles. The summed E-state index contributed by atoms with van der Waals surface area (Å²) < 4.78 is 0. The lowest BCUT2D eigenvalue weighted by atomic mass is 9.94. The summed E-state index contributed by atoms with van der Waals surface area (Å²) in [6, 6.07) is 7.94. The Bertz CT molecular complexity index is 1010. The van der Waals surface area contributed by atoms with Crippen LogP contribution in [0, 0.1) is 6.92 Å². The summed E-state index contributed by atoms with van der Waals surface area (Å²) in [5.41, 5.74) is 3.69. The summed E-state index contributed by atoms with van der Waals surface area (Å²) in [6.07, 6.45) is 4.56. The van der Waals surface area contributed by atoms with Crippen molar-refractivity contribution in [3.8, 4) is 5.75 Å². The van der Waals surface area contributed by atoms with Gasteiger partial charge < -0.3 is 20.5 Å². The first-order valence-corrected chi connectivity index (χ1v) is 9.94. The van der Waals surface area contributed by atoms with E-state index in [-0.39, 0.29) is 11.7 Å². The van der Waals surface area contributed by atoms with Crippen molar-refractivity contribution in [1.29, 1.82) is 0 Å². The van der Waals surface area contributed by atoms with Crippen LogP contribution in [0.5, 0.6) is 5.75 Å². The molecule has 0 aliphatic heterocycles. The van der Waals surface area contributed by atoms with Gasteiger partial charge in [-0.3, -0.25) is 4.79 Å². The maximum absolute atomic E-state index is 11.7. The van der Waals surface area contributed by atoms with E-state index >= 15 is 0 Å². The molecule has 0 unspecified atom stereocenters. The number of hydrogen-bond acceptors (Lipinski definition) is 3. The summed E-state index contributed by atoms with van der Waals surface area (Å²) >= 11 is 0. The van der Waals surface area contributed by atoms with Crippen molar-refractivity contribution in [1.82, 2.24) is 4.98 Å². The number of aromatic hydroxyl groups is 1. The lowest BCUT2D eigenvalue weighted by Gasteiger charge is -2.17. The minimum atomic E-state index is -0.626.